The number of hydrogen-bond donors (Lipinski definition) is 1. The molecule has 1 N–H and O–H groups in total. The highest BCUT2D eigenvalue weighted by Gasteiger charge is 2.14. The van der Waals surface area contributed by atoms with Gasteiger partial charge in [-0.1, -0.05) is 46.9 Å². The fraction of sp³-hybridized carbons (Fsp3) is 0.0833. The van der Waals surface area contributed by atoms with Crippen LogP contribution in [0.3, 0.4) is 0 Å². The minimum atomic E-state index is -0.532. The van der Waals surface area contributed by atoms with E-state index in [4.69, 9.17) is 39.5 Å². The number of amides is 1. The van der Waals surface area contributed by atoms with Gasteiger partial charge in [0, 0.05) is 10.7 Å². The Kier molecular flexibility index (Phi) is 8.86. The number of carbonyl (C=O) groups excluding carboxylic acids is 1. The Labute approximate surface area is 223 Å². The fourth-order valence-corrected chi connectivity index (χ4v) is 4.78. The lowest BCUT2D eigenvalue weighted by atomic mass is 10.1. The molecular formula is C24H15Br2Cl3N2O2. The van der Waals surface area contributed by atoms with E-state index in [9.17, 15) is 10.1 Å². The highest BCUT2D eigenvalue weighted by atomic mass is 79.9. The molecule has 0 radical (unpaired) electrons. The quantitative estimate of drug-likeness (QED) is 0.220. The average molecular weight is 630 g/mol. The van der Waals surface area contributed by atoms with Gasteiger partial charge in [0.2, 0.25) is 0 Å². The van der Waals surface area contributed by atoms with Crippen molar-refractivity contribution in [2.24, 2.45) is 0 Å². The Bertz CT molecular complexity index is 1280. The normalized spacial score (nSPS) is 11.1. The molecule has 0 aliphatic carbocycles. The van der Waals surface area contributed by atoms with Gasteiger partial charge in [0.05, 0.1) is 19.0 Å². The number of ether oxygens (including phenoxy) is 1. The van der Waals surface area contributed by atoms with Crippen molar-refractivity contribution in [3.05, 3.63) is 94.8 Å². The molecule has 9 heteroatoms. The molecule has 0 heterocycles. The SMILES string of the molecule is Cc1c(Cl)cccc1NC(=O)/C(C#N)=C\c1cc(Br)c(OCc2ccc(Cl)c(Cl)c2)c(Br)c1. The second kappa shape index (κ2) is 11.4. The molecule has 0 aromatic heterocycles. The molecule has 4 nitrogen and oxygen atoms in total. The number of benzene rings is 3. The van der Waals surface area contributed by atoms with Crippen LogP contribution in [0.4, 0.5) is 5.69 Å². The summed E-state index contributed by atoms with van der Waals surface area (Å²) in [5.74, 6) is 0.0331. The molecule has 0 atom stereocenters. The zero-order chi connectivity index (χ0) is 24.1. The molecule has 0 bridgehead atoms. The van der Waals surface area contributed by atoms with Gasteiger partial charge >= 0.3 is 0 Å². The smallest absolute Gasteiger partial charge is 0.266 e. The summed E-state index contributed by atoms with van der Waals surface area (Å²) < 4.78 is 7.20. The molecule has 33 heavy (non-hydrogen) atoms. The zero-order valence-electron chi connectivity index (χ0n) is 17.1. The molecule has 3 aromatic carbocycles. The molecule has 1 amide bonds. The number of nitrogens with one attached hydrogen (secondary N) is 1. The Morgan fingerprint density at radius 2 is 1.76 bits per heavy atom. The first-order valence-electron chi connectivity index (χ1n) is 9.43. The highest BCUT2D eigenvalue weighted by molar-refractivity contribution is 9.11. The van der Waals surface area contributed by atoms with E-state index in [0.29, 0.717) is 41.0 Å². The lowest BCUT2D eigenvalue weighted by Crippen LogP contribution is -2.14. The summed E-state index contributed by atoms with van der Waals surface area (Å²) in [6.45, 7) is 2.06. The molecule has 0 unspecified atom stereocenters. The van der Waals surface area contributed by atoms with E-state index in [1.165, 1.54) is 6.08 Å². The van der Waals surface area contributed by atoms with Gasteiger partial charge in [-0.25, -0.2) is 0 Å². The van der Waals surface area contributed by atoms with Crippen molar-refractivity contribution in [2.75, 3.05) is 5.32 Å². The standard InChI is InChI=1S/C24H15Br2Cl3N2O2/c1-13-19(27)3-2-4-22(13)31-24(32)16(11-30)7-15-8-17(25)23(18(26)9-15)33-12-14-5-6-20(28)21(29)10-14/h2-10H,12H2,1H3,(H,31,32)/b16-7-. The maximum atomic E-state index is 12.6. The van der Waals surface area contributed by atoms with Crippen LogP contribution in [0.25, 0.3) is 6.08 Å². The monoisotopic (exact) mass is 626 g/mol. The van der Waals surface area contributed by atoms with E-state index < -0.39 is 5.91 Å². The lowest BCUT2D eigenvalue weighted by Gasteiger charge is -2.12. The Balaban J connectivity index is 1.79. The summed E-state index contributed by atoms with van der Waals surface area (Å²) in [4.78, 5) is 12.6. The lowest BCUT2D eigenvalue weighted by molar-refractivity contribution is -0.112. The van der Waals surface area contributed by atoms with Gasteiger partial charge in [0.1, 0.15) is 24.0 Å². The molecule has 0 aliphatic rings. The largest absolute Gasteiger partial charge is 0.487 e. The zero-order valence-corrected chi connectivity index (χ0v) is 22.5. The number of anilines is 1. The van der Waals surface area contributed by atoms with Gasteiger partial charge in [0.25, 0.3) is 5.91 Å². The average Bonchev–Trinajstić information content (AvgIpc) is 2.77. The van der Waals surface area contributed by atoms with Crippen molar-refractivity contribution >= 4 is 84.3 Å². The summed E-state index contributed by atoms with van der Waals surface area (Å²) in [6, 6.07) is 15.9. The molecular weight excluding hydrogens is 614 g/mol. The summed E-state index contributed by atoms with van der Waals surface area (Å²) in [6.07, 6.45) is 1.49. The van der Waals surface area contributed by atoms with E-state index in [1.807, 2.05) is 12.1 Å². The third-order valence-corrected chi connectivity index (χ3v) is 6.91. The maximum absolute atomic E-state index is 12.6. The van der Waals surface area contributed by atoms with Gasteiger partial charge in [-0.3, -0.25) is 4.79 Å². The molecule has 3 rings (SSSR count). The highest BCUT2D eigenvalue weighted by Crippen LogP contribution is 2.36. The van der Waals surface area contributed by atoms with Gasteiger partial charge in [-0.05, 0) is 97.9 Å². The predicted octanol–water partition coefficient (Wildman–Crippen LogP) is 8.60. The van der Waals surface area contributed by atoms with Crippen molar-refractivity contribution < 1.29 is 9.53 Å². The van der Waals surface area contributed by atoms with E-state index in [-0.39, 0.29) is 12.2 Å². The van der Waals surface area contributed by atoms with Crippen LogP contribution >= 0.6 is 66.7 Å². The molecule has 0 aliphatic heterocycles. The van der Waals surface area contributed by atoms with Crippen molar-refractivity contribution in [1.29, 1.82) is 5.26 Å². The topological polar surface area (TPSA) is 62.1 Å². The number of hydrogen-bond acceptors (Lipinski definition) is 3. The summed E-state index contributed by atoms with van der Waals surface area (Å²) in [5, 5.41) is 13.7. The van der Waals surface area contributed by atoms with Crippen LogP contribution in [-0.4, -0.2) is 5.91 Å². The first-order valence-corrected chi connectivity index (χ1v) is 12.2. The van der Waals surface area contributed by atoms with Crippen LogP contribution in [0, 0.1) is 18.3 Å². The molecule has 0 saturated carbocycles. The number of carbonyl (C=O) groups is 1. The van der Waals surface area contributed by atoms with Crippen molar-refractivity contribution in [3.8, 4) is 11.8 Å². The summed E-state index contributed by atoms with van der Waals surface area (Å²) in [5.41, 5.74) is 2.69. The first kappa shape index (κ1) is 25.6. The van der Waals surface area contributed by atoms with Gasteiger partial charge in [-0.2, -0.15) is 5.26 Å². The van der Waals surface area contributed by atoms with Crippen LogP contribution in [0.5, 0.6) is 5.75 Å². The number of rotatable bonds is 6. The fourth-order valence-electron chi connectivity index (χ4n) is 2.83. The number of halogens is 5. The Morgan fingerprint density at radius 3 is 2.39 bits per heavy atom. The van der Waals surface area contributed by atoms with Crippen molar-refractivity contribution in [1.82, 2.24) is 0 Å². The van der Waals surface area contributed by atoms with Crippen molar-refractivity contribution in [3.63, 3.8) is 0 Å². The minimum Gasteiger partial charge on any atom is -0.487 e. The van der Waals surface area contributed by atoms with Crippen LogP contribution in [0.15, 0.2) is 63.0 Å². The second-order valence-electron chi connectivity index (χ2n) is 6.89. The Morgan fingerprint density at radius 1 is 1.06 bits per heavy atom. The van der Waals surface area contributed by atoms with E-state index >= 15 is 0 Å². The van der Waals surface area contributed by atoms with Gasteiger partial charge in [0.15, 0.2) is 0 Å². The number of nitriles is 1. The summed E-state index contributed by atoms with van der Waals surface area (Å²) in [7, 11) is 0. The van der Waals surface area contributed by atoms with E-state index in [0.717, 1.165) is 11.1 Å². The third kappa shape index (κ3) is 6.53. The summed E-state index contributed by atoms with van der Waals surface area (Å²) >= 11 is 25.1. The Hall–Kier alpha value is -2.01. The molecule has 168 valence electrons. The first-order chi connectivity index (χ1) is 15.7. The molecule has 0 saturated heterocycles. The van der Waals surface area contributed by atoms with Crippen molar-refractivity contribution in [2.45, 2.75) is 13.5 Å². The molecule has 0 spiro atoms. The predicted molar refractivity (Wildman–Crippen MR) is 141 cm³/mol. The number of nitrogens with zero attached hydrogens (tertiary/aromatic N) is 1. The third-order valence-electron chi connectivity index (χ3n) is 4.58. The van der Waals surface area contributed by atoms with Crippen LogP contribution < -0.4 is 10.1 Å². The second-order valence-corrected chi connectivity index (χ2v) is 9.82. The van der Waals surface area contributed by atoms with Crippen LogP contribution in [-0.2, 0) is 11.4 Å². The van der Waals surface area contributed by atoms with Crippen LogP contribution in [0.2, 0.25) is 15.1 Å². The molecule has 3 aromatic rings. The maximum Gasteiger partial charge on any atom is 0.266 e. The van der Waals surface area contributed by atoms with E-state index in [2.05, 4.69) is 37.2 Å². The van der Waals surface area contributed by atoms with Crippen LogP contribution in [0.1, 0.15) is 16.7 Å². The van der Waals surface area contributed by atoms with Gasteiger partial charge < -0.3 is 10.1 Å². The molecule has 0 fully saturated rings. The van der Waals surface area contributed by atoms with Gasteiger partial charge in [-0.15, -0.1) is 0 Å². The minimum absolute atomic E-state index is 0.0577. The van der Waals surface area contributed by atoms with E-state index in [1.54, 1.807) is 49.4 Å².